The van der Waals surface area contributed by atoms with Gasteiger partial charge in [-0.1, -0.05) is 23.8 Å². The Bertz CT molecular complexity index is 552. The second kappa shape index (κ2) is 5.63. The summed E-state index contributed by atoms with van der Waals surface area (Å²) in [4.78, 5) is 4.24. The van der Waals surface area contributed by atoms with Gasteiger partial charge in [0.1, 0.15) is 0 Å². The first-order chi connectivity index (χ1) is 8.61. The molecule has 0 spiro atoms. The van der Waals surface area contributed by atoms with Crippen LogP contribution < -0.4 is 5.32 Å². The van der Waals surface area contributed by atoms with Crippen molar-refractivity contribution < 1.29 is 0 Å². The summed E-state index contributed by atoms with van der Waals surface area (Å²) in [6.07, 6.45) is 3.72. The molecular formula is C15H17BrN2. The van der Waals surface area contributed by atoms with Gasteiger partial charge < -0.3 is 5.32 Å². The molecular weight excluding hydrogens is 288 g/mol. The summed E-state index contributed by atoms with van der Waals surface area (Å²) >= 11 is 3.47. The molecule has 1 aromatic carbocycles. The molecule has 2 aromatic rings. The van der Waals surface area contributed by atoms with Gasteiger partial charge in [0.2, 0.25) is 0 Å². The maximum atomic E-state index is 4.24. The van der Waals surface area contributed by atoms with Crippen molar-refractivity contribution in [1.82, 2.24) is 10.3 Å². The minimum absolute atomic E-state index is 0.176. The maximum Gasteiger partial charge on any atom is 0.0592 e. The minimum atomic E-state index is 0.176. The lowest BCUT2D eigenvalue weighted by molar-refractivity contribution is 0.683. The van der Waals surface area contributed by atoms with E-state index in [0.717, 1.165) is 4.47 Å². The Labute approximate surface area is 117 Å². The van der Waals surface area contributed by atoms with E-state index in [1.165, 1.54) is 22.3 Å². The zero-order valence-electron chi connectivity index (χ0n) is 10.9. The number of aromatic nitrogens is 1. The van der Waals surface area contributed by atoms with Gasteiger partial charge in [-0.25, -0.2) is 0 Å². The highest BCUT2D eigenvalue weighted by Gasteiger charge is 2.14. The van der Waals surface area contributed by atoms with E-state index in [9.17, 15) is 0 Å². The average Bonchev–Trinajstić information content (AvgIpc) is 2.35. The second-order valence-corrected chi connectivity index (χ2v) is 5.43. The predicted octanol–water partition coefficient (Wildman–Crippen LogP) is 3.77. The van der Waals surface area contributed by atoms with Crippen LogP contribution >= 0.6 is 15.9 Å². The molecule has 1 atom stereocenters. The summed E-state index contributed by atoms with van der Waals surface area (Å²) in [5.74, 6) is 0. The van der Waals surface area contributed by atoms with Gasteiger partial charge in [-0.3, -0.25) is 4.98 Å². The highest BCUT2D eigenvalue weighted by atomic mass is 79.9. The monoisotopic (exact) mass is 304 g/mol. The summed E-state index contributed by atoms with van der Waals surface area (Å²) in [5.41, 5.74) is 5.04. The number of hydrogen-bond donors (Lipinski definition) is 1. The fourth-order valence-electron chi connectivity index (χ4n) is 2.16. The molecule has 2 nitrogen and oxygen atoms in total. The van der Waals surface area contributed by atoms with Gasteiger partial charge in [-0.05, 0) is 59.6 Å². The zero-order valence-corrected chi connectivity index (χ0v) is 12.5. The quantitative estimate of drug-likeness (QED) is 0.933. The SMILES string of the molecule is CNC(c1cncc(Br)c1)c1cc(C)ccc1C. The van der Waals surface area contributed by atoms with Gasteiger partial charge in [0.05, 0.1) is 6.04 Å². The highest BCUT2D eigenvalue weighted by molar-refractivity contribution is 9.10. The fourth-order valence-corrected chi connectivity index (χ4v) is 2.54. The Morgan fingerprint density at radius 3 is 2.61 bits per heavy atom. The van der Waals surface area contributed by atoms with Crippen molar-refractivity contribution in [3.8, 4) is 0 Å². The number of rotatable bonds is 3. The van der Waals surface area contributed by atoms with E-state index in [0.29, 0.717) is 0 Å². The molecule has 0 bridgehead atoms. The summed E-state index contributed by atoms with van der Waals surface area (Å²) in [6.45, 7) is 4.26. The first-order valence-electron chi connectivity index (χ1n) is 5.96. The predicted molar refractivity (Wildman–Crippen MR) is 78.8 cm³/mol. The van der Waals surface area contributed by atoms with Crippen LogP contribution in [0.5, 0.6) is 0 Å². The smallest absolute Gasteiger partial charge is 0.0592 e. The van der Waals surface area contributed by atoms with Gasteiger partial charge in [0, 0.05) is 16.9 Å². The normalized spacial score (nSPS) is 12.4. The van der Waals surface area contributed by atoms with Crippen LogP contribution in [0.15, 0.2) is 41.1 Å². The van der Waals surface area contributed by atoms with Crippen molar-refractivity contribution in [2.45, 2.75) is 19.9 Å². The van der Waals surface area contributed by atoms with Gasteiger partial charge in [0.15, 0.2) is 0 Å². The van der Waals surface area contributed by atoms with E-state index in [1.54, 1.807) is 6.20 Å². The van der Waals surface area contributed by atoms with Crippen LogP contribution in [0.3, 0.4) is 0 Å². The Balaban J connectivity index is 2.48. The van der Waals surface area contributed by atoms with Gasteiger partial charge in [-0.2, -0.15) is 0 Å². The van der Waals surface area contributed by atoms with Gasteiger partial charge in [0.25, 0.3) is 0 Å². The number of hydrogen-bond acceptors (Lipinski definition) is 2. The fraction of sp³-hybridized carbons (Fsp3) is 0.267. The van der Waals surface area contributed by atoms with Crippen LogP contribution in [0.25, 0.3) is 0 Å². The van der Waals surface area contributed by atoms with Crippen LogP contribution in [-0.2, 0) is 0 Å². The standard InChI is InChI=1S/C15H17BrN2/c1-10-4-5-11(2)14(6-10)15(17-3)12-7-13(16)9-18-8-12/h4-9,15,17H,1-3H3. The average molecular weight is 305 g/mol. The number of nitrogens with zero attached hydrogens (tertiary/aromatic N) is 1. The number of benzene rings is 1. The number of nitrogens with one attached hydrogen (secondary N) is 1. The second-order valence-electron chi connectivity index (χ2n) is 4.52. The van der Waals surface area contributed by atoms with E-state index < -0.39 is 0 Å². The van der Waals surface area contributed by atoms with E-state index in [1.807, 2.05) is 13.2 Å². The molecule has 0 saturated heterocycles. The lowest BCUT2D eigenvalue weighted by atomic mass is 9.94. The van der Waals surface area contributed by atoms with Crippen LogP contribution in [0, 0.1) is 13.8 Å². The number of halogens is 1. The molecule has 0 radical (unpaired) electrons. The molecule has 2 rings (SSSR count). The summed E-state index contributed by atoms with van der Waals surface area (Å²) in [7, 11) is 1.98. The summed E-state index contributed by atoms with van der Waals surface area (Å²) < 4.78 is 1.01. The Kier molecular flexibility index (Phi) is 4.15. The molecule has 3 heteroatoms. The molecule has 1 heterocycles. The molecule has 1 N–H and O–H groups in total. The number of aryl methyl sites for hydroxylation is 2. The third kappa shape index (κ3) is 2.79. The maximum absolute atomic E-state index is 4.24. The van der Waals surface area contributed by atoms with Crippen molar-refractivity contribution in [3.63, 3.8) is 0 Å². The Morgan fingerprint density at radius 1 is 1.17 bits per heavy atom. The van der Waals surface area contributed by atoms with Crippen molar-refractivity contribution in [2.24, 2.45) is 0 Å². The van der Waals surface area contributed by atoms with Crippen molar-refractivity contribution in [2.75, 3.05) is 7.05 Å². The molecule has 1 aromatic heterocycles. The third-order valence-electron chi connectivity index (χ3n) is 3.09. The minimum Gasteiger partial charge on any atom is -0.309 e. The van der Waals surface area contributed by atoms with Crippen LogP contribution in [-0.4, -0.2) is 12.0 Å². The molecule has 0 amide bonds. The van der Waals surface area contributed by atoms with Crippen molar-refractivity contribution in [3.05, 3.63) is 63.4 Å². The van der Waals surface area contributed by atoms with Crippen LogP contribution in [0.2, 0.25) is 0 Å². The molecule has 1 unspecified atom stereocenters. The molecule has 0 fully saturated rings. The van der Waals surface area contributed by atoms with E-state index in [-0.39, 0.29) is 6.04 Å². The first-order valence-corrected chi connectivity index (χ1v) is 6.76. The topological polar surface area (TPSA) is 24.9 Å². The van der Waals surface area contributed by atoms with E-state index in [2.05, 4.69) is 64.3 Å². The molecule has 0 aliphatic heterocycles. The largest absolute Gasteiger partial charge is 0.309 e. The van der Waals surface area contributed by atoms with Crippen LogP contribution in [0.1, 0.15) is 28.3 Å². The van der Waals surface area contributed by atoms with Crippen molar-refractivity contribution in [1.29, 1.82) is 0 Å². The molecule has 0 aliphatic carbocycles. The van der Waals surface area contributed by atoms with Gasteiger partial charge in [-0.15, -0.1) is 0 Å². The lowest BCUT2D eigenvalue weighted by Gasteiger charge is -2.20. The Morgan fingerprint density at radius 2 is 1.94 bits per heavy atom. The lowest BCUT2D eigenvalue weighted by Crippen LogP contribution is -2.19. The molecule has 18 heavy (non-hydrogen) atoms. The summed E-state index contributed by atoms with van der Waals surface area (Å²) in [6, 6.07) is 8.83. The zero-order chi connectivity index (χ0) is 13.1. The van der Waals surface area contributed by atoms with Crippen LogP contribution in [0.4, 0.5) is 0 Å². The third-order valence-corrected chi connectivity index (χ3v) is 3.53. The Hall–Kier alpha value is -1.19. The highest BCUT2D eigenvalue weighted by Crippen LogP contribution is 2.26. The van der Waals surface area contributed by atoms with Gasteiger partial charge >= 0.3 is 0 Å². The van der Waals surface area contributed by atoms with Crippen molar-refractivity contribution >= 4 is 15.9 Å². The molecule has 0 saturated carbocycles. The van der Waals surface area contributed by atoms with E-state index >= 15 is 0 Å². The van der Waals surface area contributed by atoms with E-state index in [4.69, 9.17) is 0 Å². The summed E-state index contributed by atoms with van der Waals surface area (Å²) in [5, 5.41) is 3.37. The number of pyridine rings is 1. The molecule has 94 valence electrons. The first kappa shape index (κ1) is 13.2. The molecule has 0 aliphatic rings.